The van der Waals surface area contributed by atoms with Gasteiger partial charge in [0.25, 0.3) is 0 Å². The molecule has 0 heterocycles. The van der Waals surface area contributed by atoms with Gasteiger partial charge in [0.15, 0.2) is 0 Å². The van der Waals surface area contributed by atoms with Crippen molar-refractivity contribution in [1.82, 2.24) is 0 Å². The number of aliphatic hydroxyl groups excluding tert-OH is 1. The Labute approximate surface area is 225 Å². The average Bonchev–Trinajstić information content (AvgIpc) is 2.62. The van der Waals surface area contributed by atoms with E-state index in [1.54, 1.807) is 0 Å². The van der Waals surface area contributed by atoms with Crippen molar-refractivity contribution in [2.75, 3.05) is 6.61 Å². The Bertz CT molecular complexity index is 304. The van der Waals surface area contributed by atoms with Crippen LogP contribution in [0, 0.1) is 0 Å². The van der Waals surface area contributed by atoms with Gasteiger partial charge in [-0.15, -0.1) is 0 Å². The molecule has 0 unspecified atom stereocenters. The van der Waals surface area contributed by atoms with Crippen molar-refractivity contribution < 1.29 is 77.2 Å². The predicted octanol–water partition coefficient (Wildman–Crippen LogP) is 3.99. The van der Waals surface area contributed by atoms with Gasteiger partial charge in [0, 0.05) is 6.61 Å². The third-order valence-corrected chi connectivity index (χ3v) is 5.01. The van der Waals surface area contributed by atoms with Crippen LogP contribution < -0.4 is 51.4 Å². The topological polar surface area (TPSA) is 98.0 Å². The molecule has 0 radical (unpaired) electrons. The van der Waals surface area contributed by atoms with E-state index in [1.807, 2.05) is 0 Å². The predicted molar refractivity (Wildman–Crippen MR) is 120 cm³/mol. The van der Waals surface area contributed by atoms with E-state index < -0.39 is 7.82 Å². The van der Waals surface area contributed by atoms with Crippen LogP contribution in [-0.4, -0.2) is 26.4 Å². The second kappa shape index (κ2) is 29.7. The Morgan fingerprint density at radius 1 is 0.517 bits per heavy atom. The molecule has 0 aliphatic carbocycles. The second-order valence-electron chi connectivity index (χ2n) is 7.95. The Balaban J connectivity index is -0.000000429. The van der Waals surface area contributed by atoms with Crippen molar-refractivity contribution >= 4 is 7.82 Å². The van der Waals surface area contributed by atoms with Crippen molar-refractivity contribution in [2.45, 2.75) is 135 Å². The first-order chi connectivity index (χ1) is 13.4. The van der Waals surface area contributed by atoms with Crippen molar-refractivity contribution in [1.29, 1.82) is 0 Å². The Morgan fingerprint density at radius 3 is 0.862 bits per heavy atom. The van der Waals surface area contributed by atoms with Gasteiger partial charge in [-0.25, -0.2) is 4.57 Å². The molecule has 4 N–H and O–H groups in total. The second-order valence-corrected chi connectivity index (χ2v) is 8.98. The molecule has 0 aromatic rings. The number of unbranched alkanes of at least 4 members (excludes halogenated alkanes) is 19. The van der Waals surface area contributed by atoms with Gasteiger partial charge in [-0.1, -0.05) is 129 Å². The van der Waals surface area contributed by atoms with E-state index in [2.05, 4.69) is 6.92 Å². The van der Waals surface area contributed by atoms with Crippen molar-refractivity contribution in [3.8, 4) is 0 Å². The number of hydrogen-bond acceptors (Lipinski definition) is 2. The molecule has 0 fully saturated rings. The molecule has 0 amide bonds. The summed E-state index contributed by atoms with van der Waals surface area (Å²) in [4.78, 5) is 21.6. The van der Waals surface area contributed by atoms with Crippen molar-refractivity contribution in [2.24, 2.45) is 0 Å². The molecule has 174 valence electrons. The summed E-state index contributed by atoms with van der Waals surface area (Å²) in [5, 5.41) is 8.71. The van der Waals surface area contributed by atoms with E-state index in [0.717, 1.165) is 6.42 Å². The maximum absolute atomic E-state index is 8.88. The minimum Gasteiger partial charge on any atom is -1.00 e. The zero-order chi connectivity index (χ0) is 21.3. The van der Waals surface area contributed by atoms with E-state index >= 15 is 0 Å². The van der Waals surface area contributed by atoms with Gasteiger partial charge in [0.2, 0.25) is 0 Å². The number of aliphatic hydroxyl groups is 1. The molecule has 0 atom stereocenters. The minimum absolute atomic E-state index is 0. The monoisotopic (exact) mass is 464 g/mol. The molecule has 7 heteroatoms. The van der Waals surface area contributed by atoms with E-state index in [1.165, 1.54) is 122 Å². The van der Waals surface area contributed by atoms with Crippen molar-refractivity contribution in [3.63, 3.8) is 0 Å². The molecule has 0 saturated carbocycles. The summed E-state index contributed by atoms with van der Waals surface area (Å²) in [7, 11) is -4.64. The van der Waals surface area contributed by atoms with Crippen LogP contribution >= 0.6 is 7.82 Å². The van der Waals surface area contributed by atoms with Crippen molar-refractivity contribution in [3.05, 3.63) is 0 Å². The first kappa shape index (κ1) is 35.3. The quantitative estimate of drug-likeness (QED) is 0.124. The molecule has 0 rings (SSSR count). The van der Waals surface area contributed by atoms with Crippen LogP contribution in [0.25, 0.3) is 0 Å². The van der Waals surface area contributed by atoms with Gasteiger partial charge in [-0.05, 0) is 6.42 Å². The van der Waals surface area contributed by atoms with Gasteiger partial charge < -0.3 is 21.2 Å². The summed E-state index contributed by atoms with van der Waals surface area (Å²) >= 11 is 0. The van der Waals surface area contributed by atoms with Crippen LogP contribution in [0.1, 0.15) is 137 Å². The molecule has 0 saturated heterocycles. The maximum Gasteiger partial charge on any atom is 1.00 e. The first-order valence-corrected chi connectivity index (χ1v) is 13.4. The number of rotatable bonds is 20. The van der Waals surface area contributed by atoms with Gasteiger partial charge in [-0.3, -0.25) is 0 Å². The number of phosphoric acid groups is 1. The third-order valence-electron chi connectivity index (χ3n) is 5.01. The third kappa shape index (κ3) is 48.4. The van der Waals surface area contributed by atoms with E-state index in [-0.39, 0.29) is 52.8 Å². The van der Waals surface area contributed by atoms with Crippen LogP contribution in [0.2, 0.25) is 0 Å². The normalized spacial score (nSPS) is 10.9. The van der Waals surface area contributed by atoms with Crippen LogP contribution in [0.4, 0.5) is 0 Å². The van der Waals surface area contributed by atoms with Gasteiger partial charge in [0.1, 0.15) is 0 Å². The van der Waals surface area contributed by atoms with Crippen LogP contribution in [0.3, 0.4) is 0 Å². The maximum atomic E-state index is 8.88. The summed E-state index contributed by atoms with van der Waals surface area (Å²) in [6.07, 6.45) is 28.1. The first-order valence-electron chi connectivity index (χ1n) is 11.8. The number of hydrogen-bond donors (Lipinski definition) is 4. The zero-order valence-electron chi connectivity index (χ0n) is 20.5. The van der Waals surface area contributed by atoms with E-state index in [4.69, 9.17) is 24.4 Å². The summed E-state index contributed by atoms with van der Waals surface area (Å²) in [6.45, 7) is 2.67. The minimum atomic E-state index is -4.64. The van der Waals surface area contributed by atoms with Crippen LogP contribution in [0.5, 0.6) is 0 Å². The fourth-order valence-electron chi connectivity index (χ4n) is 3.37. The van der Waals surface area contributed by atoms with Crippen LogP contribution in [0.15, 0.2) is 0 Å². The zero-order valence-corrected chi connectivity index (χ0v) is 23.5. The fourth-order valence-corrected chi connectivity index (χ4v) is 3.37. The smallest absolute Gasteiger partial charge is 1.00 e. The van der Waals surface area contributed by atoms with Crippen LogP contribution in [-0.2, 0) is 4.57 Å². The molecular weight excluding hydrogens is 414 g/mol. The van der Waals surface area contributed by atoms with E-state index in [9.17, 15) is 0 Å². The van der Waals surface area contributed by atoms with Gasteiger partial charge >= 0.3 is 59.2 Å². The molecule has 0 aliphatic rings. The Hall–Kier alpha value is 1.71. The largest absolute Gasteiger partial charge is 1.00 e. The standard InChI is InChI=1S/C22H46O.K.H3O4P.H/c1-2-3-4-5-6-7-8-9-10-11-12-13-14-15-16-17-18-19-20-21-22-23;;1-5(2,3)4;/h23H,2-22H2,1H3;;(H3,1,2,3,4);/q;+1;;-1. The molecule has 29 heavy (non-hydrogen) atoms. The summed E-state index contributed by atoms with van der Waals surface area (Å²) in [5.74, 6) is 0. The molecule has 0 aromatic heterocycles. The molecule has 5 nitrogen and oxygen atoms in total. The molecule has 0 bridgehead atoms. The van der Waals surface area contributed by atoms with Gasteiger partial charge in [-0.2, -0.15) is 0 Å². The summed E-state index contributed by atoms with van der Waals surface area (Å²) < 4.78 is 8.88. The Morgan fingerprint density at radius 2 is 0.690 bits per heavy atom. The molecule has 0 aliphatic heterocycles. The molecule has 0 aromatic carbocycles. The van der Waals surface area contributed by atoms with E-state index in [0.29, 0.717) is 6.61 Å². The summed E-state index contributed by atoms with van der Waals surface area (Å²) in [5.41, 5.74) is 0. The SMILES string of the molecule is CCCCCCCCCCCCCCCCCCCCCCO.O=P(O)(O)O.[H-].[K+]. The Kier molecular flexibility index (Phi) is 36.2. The summed E-state index contributed by atoms with van der Waals surface area (Å²) in [6, 6.07) is 0. The fraction of sp³-hybridized carbons (Fsp3) is 1.00. The molecular formula is C22H50KO5P. The van der Waals surface area contributed by atoms with Gasteiger partial charge in [0.05, 0.1) is 0 Å². The average molecular weight is 465 g/mol. The molecule has 0 spiro atoms.